The molecule has 7 nitrogen and oxygen atoms in total. The van der Waals surface area contributed by atoms with Crippen LogP contribution in [-0.4, -0.2) is 56.4 Å². The van der Waals surface area contributed by atoms with Gasteiger partial charge in [0, 0.05) is 12.7 Å². The zero-order valence-electron chi connectivity index (χ0n) is 10.8. The molecule has 1 rings (SSSR count). The third kappa shape index (κ3) is 2.53. The van der Waals surface area contributed by atoms with Crippen LogP contribution >= 0.6 is 0 Å². The Balaban J connectivity index is 3.01. The molecule has 4 N–H and O–H groups in total. The van der Waals surface area contributed by atoms with Crippen LogP contribution in [0.5, 0.6) is 0 Å². The number of rotatable bonds is 5. The third-order valence-electron chi connectivity index (χ3n) is 3.02. The molecule has 0 aliphatic heterocycles. The molecule has 0 spiro atoms. The summed E-state index contributed by atoms with van der Waals surface area (Å²) in [7, 11) is 1.72. The Kier molecular flexibility index (Phi) is 4.44. The molecule has 0 radical (unpaired) electrons. The lowest BCUT2D eigenvalue weighted by atomic mass is 10.0. The maximum atomic E-state index is 12.1. The van der Waals surface area contributed by atoms with Gasteiger partial charge >= 0.3 is 0 Å². The molecule has 1 heterocycles. The van der Waals surface area contributed by atoms with E-state index >= 15 is 0 Å². The SMILES string of the molecule is Cc1nn(C)c(C)c1C(=O)NC(CO)(CO)CO. The monoisotopic (exact) mass is 257 g/mol. The highest BCUT2D eigenvalue weighted by Gasteiger charge is 2.32. The quantitative estimate of drug-likeness (QED) is 0.512. The minimum atomic E-state index is -1.42. The zero-order chi connectivity index (χ0) is 13.9. The van der Waals surface area contributed by atoms with Gasteiger partial charge < -0.3 is 20.6 Å². The van der Waals surface area contributed by atoms with Crippen molar-refractivity contribution >= 4 is 5.91 Å². The van der Waals surface area contributed by atoms with Crippen molar-refractivity contribution in [2.75, 3.05) is 19.8 Å². The van der Waals surface area contributed by atoms with Crippen LogP contribution in [0, 0.1) is 13.8 Å². The number of nitrogens with zero attached hydrogens (tertiary/aromatic N) is 2. The highest BCUT2D eigenvalue weighted by Crippen LogP contribution is 2.13. The summed E-state index contributed by atoms with van der Waals surface area (Å²) in [6, 6.07) is 0. The van der Waals surface area contributed by atoms with Gasteiger partial charge in [0.05, 0.1) is 31.1 Å². The first kappa shape index (κ1) is 14.6. The Morgan fingerprint density at radius 1 is 1.28 bits per heavy atom. The van der Waals surface area contributed by atoms with Crippen LogP contribution in [0.2, 0.25) is 0 Å². The Hall–Kier alpha value is -1.44. The van der Waals surface area contributed by atoms with Crippen molar-refractivity contribution in [3.8, 4) is 0 Å². The van der Waals surface area contributed by atoms with Crippen LogP contribution < -0.4 is 5.32 Å². The molecule has 1 aromatic heterocycles. The van der Waals surface area contributed by atoms with Crippen molar-refractivity contribution in [2.45, 2.75) is 19.4 Å². The van der Waals surface area contributed by atoms with Crippen LogP contribution in [0.25, 0.3) is 0 Å². The van der Waals surface area contributed by atoms with Gasteiger partial charge in [0.2, 0.25) is 0 Å². The van der Waals surface area contributed by atoms with Gasteiger partial charge in [0.15, 0.2) is 0 Å². The van der Waals surface area contributed by atoms with E-state index in [1.807, 2.05) is 0 Å². The highest BCUT2D eigenvalue weighted by atomic mass is 16.3. The second kappa shape index (κ2) is 5.47. The molecule has 0 saturated heterocycles. The first-order chi connectivity index (χ1) is 8.40. The van der Waals surface area contributed by atoms with Gasteiger partial charge in [0.1, 0.15) is 5.54 Å². The molecule has 0 aliphatic carbocycles. The van der Waals surface area contributed by atoms with E-state index in [4.69, 9.17) is 15.3 Å². The predicted octanol–water partition coefficient (Wildman–Crippen LogP) is -1.52. The van der Waals surface area contributed by atoms with Gasteiger partial charge in [-0.05, 0) is 13.8 Å². The topological polar surface area (TPSA) is 108 Å². The second-order valence-corrected chi connectivity index (χ2v) is 4.38. The zero-order valence-corrected chi connectivity index (χ0v) is 10.8. The second-order valence-electron chi connectivity index (χ2n) is 4.38. The Labute approximate surface area is 105 Å². The lowest BCUT2D eigenvalue weighted by Crippen LogP contribution is -2.57. The Morgan fingerprint density at radius 3 is 2.11 bits per heavy atom. The van der Waals surface area contributed by atoms with Crippen LogP contribution in [0.15, 0.2) is 0 Å². The maximum absolute atomic E-state index is 12.1. The number of aromatic nitrogens is 2. The molecule has 0 atom stereocenters. The van der Waals surface area contributed by atoms with Crippen molar-refractivity contribution < 1.29 is 20.1 Å². The van der Waals surface area contributed by atoms with Crippen LogP contribution in [0.4, 0.5) is 0 Å². The number of nitrogens with one attached hydrogen (secondary N) is 1. The number of carbonyl (C=O) groups excluding carboxylic acids is 1. The summed E-state index contributed by atoms with van der Waals surface area (Å²) in [5.74, 6) is -0.477. The summed E-state index contributed by atoms with van der Waals surface area (Å²) in [5.41, 5.74) is 0.186. The smallest absolute Gasteiger partial charge is 0.255 e. The fraction of sp³-hybridized carbons (Fsp3) is 0.636. The molecule has 0 aliphatic rings. The van der Waals surface area contributed by atoms with Crippen molar-refractivity contribution in [2.24, 2.45) is 7.05 Å². The number of hydrogen-bond donors (Lipinski definition) is 4. The lowest BCUT2D eigenvalue weighted by molar-refractivity contribution is 0.0374. The van der Waals surface area contributed by atoms with E-state index in [-0.39, 0.29) is 0 Å². The molecule has 0 fully saturated rings. The Morgan fingerprint density at radius 2 is 1.78 bits per heavy atom. The summed E-state index contributed by atoms with van der Waals surface area (Å²) >= 11 is 0. The molecule has 0 aromatic carbocycles. The maximum Gasteiger partial charge on any atom is 0.255 e. The summed E-state index contributed by atoms with van der Waals surface area (Å²) in [5, 5.41) is 34.0. The fourth-order valence-corrected chi connectivity index (χ4v) is 1.67. The standard InChI is InChI=1S/C11H19N3O4/c1-7-9(8(2)14(3)13-7)10(18)12-11(4-15,5-16)6-17/h15-17H,4-6H2,1-3H3,(H,12,18). The van der Waals surface area contributed by atoms with Crippen molar-refractivity contribution in [3.63, 3.8) is 0 Å². The van der Waals surface area contributed by atoms with E-state index in [1.165, 1.54) is 0 Å². The molecular weight excluding hydrogens is 238 g/mol. The van der Waals surface area contributed by atoms with Gasteiger partial charge in [0.25, 0.3) is 5.91 Å². The average Bonchev–Trinajstić information content (AvgIpc) is 2.60. The normalized spacial score (nSPS) is 11.7. The van der Waals surface area contributed by atoms with Gasteiger partial charge in [-0.15, -0.1) is 0 Å². The number of amides is 1. The molecule has 0 bridgehead atoms. The first-order valence-corrected chi connectivity index (χ1v) is 5.56. The fourth-order valence-electron chi connectivity index (χ4n) is 1.67. The number of aliphatic hydroxyl groups is 3. The molecule has 0 saturated carbocycles. The van der Waals surface area contributed by atoms with E-state index in [0.29, 0.717) is 17.0 Å². The van der Waals surface area contributed by atoms with Gasteiger partial charge in [-0.25, -0.2) is 0 Å². The van der Waals surface area contributed by atoms with E-state index in [1.54, 1.807) is 25.6 Å². The van der Waals surface area contributed by atoms with Crippen LogP contribution in [-0.2, 0) is 7.05 Å². The summed E-state index contributed by atoms with van der Waals surface area (Å²) < 4.78 is 1.57. The van der Waals surface area contributed by atoms with Gasteiger partial charge in [-0.2, -0.15) is 5.10 Å². The van der Waals surface area contributed by atoms with E-state index in [9.17, 15) is 4.79 Å². The van der Waals surface area contributed by atoms with Gasteiger partial charge in [-0.3, -0.25) is 9.48 Å². The molecule has 18 heavy (non-hydrogen) atoms. The highest BCUT2D eigenvalue weighted by molar-refractivity contribution is 5.96. The first-order valence-electron chi connectivity index (χ1n) is 5.56. The average molecular weight is 257 g/mol. The van der Waals surface area contributed by atoms with Crippen LogP contribution in [0.3, 0.4) is 0 Å². The summed E-state index contributed by atoms with van der Waals surface area (Å²) in [6.45, 7) is 1.78. The number of carbonyl (C=O) groups is 1. The molecule has 102 valence electrons. The largest absolute Gasteiger partial charge is 0.394 e. The third-order valence-corrected chi connectivity index (χ3v) is 3.02. The summed E-state index contributed by atoms with van der Waals surface area (Å²) in [6.07, 6.45) is 0. The lowest BCUT2D eigenvalue weighted by Gasteiger charge is -2.28. The van der Waals surface area contributed by atoms with Gasteiger partial charge in [-0.1, -0.05) is 0 Å². The number of hydrogen-bond acceptors (Lipinski definition) is 5. The molecule has 7 heteroatoms. The predicted molar refractivity (Wildman–Crippen MR) is 64.1 cm³/mol. The van der Waals surface area contributed by atoms with E-state index in [0.717, 1.165) is 0 Å². The molecule has 1 aromatic rings. The molecule has 0 unspecified atom stereocenters. The summed E-state index contributed by atoms with van der Waals surface area (Å²) in [4.78, 5) is 12.1. The number of aryl methyl sites for hydroxylation is 2. The Bertz CT molecular complexity index is 429. The molecule has 1 amide bonds. The van der Waals surface area contributed by atoms with Crippen molar-refractivity contribution in [1.29, 1.82) is 0 Å². The van der Waals surface area contributed by atoms with E-state index in [2.05, 4.69) is 10.4 Å². The minimum Gasteiger partial charge on any atom is -0.394 e. The van der Waals surface area contributed by atoms with Crippen LogP contribution in [0.1, 0.15) is 21.7 Å². The van der Waals surface area contributed by atoms with Crippen molar-refractivity contribution in [1.82, 2.24) is 15.1 Å². The van der Waals surface area contributed by atoms with Crippen molar-refractivity contribution in [3.05, 3.63) is 17.0 Å². The van der Waals surface area contributed by atoms with E-state index < -0.39 is 31.3 Å². The minimum absolute atomic E-state index is 0.386. The molecular formula is C11H19N3O4. The number of aliphatic hydroxyl groups excluding tert-OH is 3.